The predicted molar refractivity (Wildman–Crippen MR) is 37.8 cm³/mol. The van der Waals surface area contributed by atoms with E-state index in [4.69, 9.17) is 4.89 Å². The van der Waals surface area contributed by atoms with Crippen LogP contribution in [0.3, 0.4) is 0 Å². The fourth-order valence-corrected chi connectivity index (χ4v) is 1.84. The predicted octanol–water partition coefficient (Wildman–Crippen LogP) is 0.526. The third kappa shape index (κ3) is 1.58. The Morgan fingerprint density at radius 1 is 1.80 bits per heavy atom. The van der Waals surface area contributed by atoms with Gasteiger partial charge in [0.2, 0.25) is 0 Å². The molecule has 1 aliphatic heterocycles. The second-order valence-electron chi connectivity index (χ2n) is 2.70. The van der Waals surface area contributed by atoms with Gasteiger partial charge < -0.3 is 9.42 Å². The molecule has 5 heteroatoms. The molecule has 4 nitrogen and oxygen atoms in total. The summed E-state index contributed by atoms with van der Waals surface area (Å²) in [5.74, 6) is -0.340. The van der Waals surface area contributed by atoms with Crippen molar-refractivity contribution in [3.63, 3.8) is 0 Å². The fourth-order valence-electron chi connectivity index (χ4n) is 0.804. The maximum Gasteiger partial charge on any atom is 0.347 e. The van der Waals surface area contributed by atoms with E-state index in [2.05, 4.69) is 9.84 Å². The van der Waals surface area contributed by atoms with Crippen LogP contribution in [0, 0.1) is 0 Å². The fraction of sp³-hybridized carbons (Fsp3) is 1.00. The Kier molecular flexibility index (Phi) is 2.15. The van der Waals surface area contributed by atoms with Gasteiger partial charge in [0.05, 0.1) is 6.61 Å². The monoisotopic (exact) mass is 165 g/mol. The van der Waals surface area contributed by atoms with Crippen molar-refractivity contribution in [2.75, 3.05) is 6.61 Å². The average molecular weight is 165 g/mol. The highest BCUT2D eigenvalue weighted by atomic mass is 31.2. The second kappa shape index (κ2) is 2.62. The van der Waals surface area contributed by atoms with Crippen LogP contribution >= 0.6 is 7.60 Å². The van der Waals surface area contributed by atoms with Gasteiger partial charge in [0.25, 0.3) is 0 Å². The van der Waals surface area contributed by atoms with Gasteiger partial charge in [-0.15, -0.1) is 0 Å². The summed E-state index contributed by atoms with van der Waals surface area (Å²) in [6.45, 7) is 4.21. The number of hydrogen-bond acceptors (Lipinski definition) is 3. The van der Waals surface area contributed by atoms with Crippen molar-refractivity contribution >= 4 is 7.60 Å². The van der Waals surface area contributed by atoms with Crippen LogP contribution in [0.5, 0.6) is 0 Å². The van der Waals surface area contributed by atoms with Gasteiger partial charge in [-0.2, -0.15) is 0 Å². The van der Waals surface area contributed by atoms with Gasteiger partial charge in [0.1, 0.15) is 5.78 Å². The van der Waals surface area contributed by atoms with Gasteiger partial charge in [0, 0.05) is 6.04 Å². The largest absolute Gasteiger partial charge is 0.347 e. The SMILES string of the molecule is CC(C)NC1COP1(=O)O. The van der Waals surface area contributed by atoms with E-state index in [0.717, 1.165) is 0 Å². The molecule has 1 rings (SSSR count). The van der Waals surface area contributed by atoms with Gasteiger partial charge >= 0.3 is 7.60 Å². The zero-order chi connectivity index (χ0) is 7.78. The molecule has 2 N–H and O–H groups in total. The van der Waals surface area contributed by atoms with Crippen LogP contribution in [0.15, 0.2) is 0 Å². The molecule has 1 heterocycles. The lowest BCUT2D eigenvalue weighted by molar-refractivity contribution is 0.162. The third-order valence-corrected chi connectivity index (χ3v) is 2.94. The first-order valence-corrected chi connectivity index (χ1v) is 4.90. The molecular weight excluding hydrogens is 153 g/mol. The summed E-state index contributed by atoms with van der Waals surface area (Å²) in [6, 6.07) is 0.231. The van der Waals surface area contributed by atoms with E-state index in [1.807, 2.05) is 13.8 Å². The highest BCUT2D eigenvalue weighted by Gasteiger charge is 2.42. The topological polar surface area (TPSA) is 58.6 Å². The molecule has 2 atom stereocenters. The van der Waals surface area contributed by atoms with Gasteiger partial charge in [-0.05, 0) is 0 Å². The first-order chi connectivity index (χ1) is 4.52. The summed E-state index contributed by atoms with van der Waals surface area (Å²) in [6.07, 6.45) is 0. The van der Waals surface area contributed by atoms with E-state index in [0.29, 0.717) is 6.61 Å². The molecule has 1 fully saturated rings. The first kappa shape index (κ1) is 8.21. The summed E-state index contributed by atoms with van der Waals surface area (Å²) in [7, 11) is -3.24. The van der Waals surface area contributed by atoms with Crippen molar-refractivity contribution in [1.82, 2.24) is 5.32 Å². The van der Waals surface area contributed by atoms with Crippen LogP contribution in [-0.4, -0.2) is 23.3 Å². The zero-order valence-electron chi connectivity index (χ0n) is 6.07. The lowest BCUT2D eigenvalue weighted by atomic mass is 10.4. The minimum absolute atomic E-state index is 0.231. The molecule has 0 bridgehead atoms. The second-order valence-corrected chi connectivity index (χ2v) is 4.71. The van der Waals surface area contributed by atoms with Crippen LogP contribution in [0.2, 0.25) is 0 Å². The molecule has 0 aromatic rings. The Bertz CT molecular complexity index is 170. The molecule has 0 aliphatic carbocycles. The summed E-state index contributed by atoms with van der Waals surface area (Å²) in [5.41, 5.74) is 0. The van der Waals surface area contributed by atoms with Gasteiger partial charge in [0.15, 0.2) is 0 Å². The summed E-state index contributed by atoms with van der Waals surface area (Å²) in [4.78, 5) is 8.89. The molecule has 10 heavy (non-hydrogen) atoms. The zero-order valence-corrected chi connectivity index (χ0v) is 6.97. The Morgan fingerprint density at radius 2 is 2.40 bits per heavy atom. The lowest BCUT2D eigenvalue weighted by Crippen LogP contribution is -2.44. The third-order valence-electron chi connectivity index (χ3n) is 1.34. The van der Waals surface area contributed by atoms with Crippen molar-refractivity contribution in [2.24, 2.45) is 0 Å². The maximum absolute atomic E-state index is 10.8. The van der Waals surface area contributed by atoms with E-state index in [-0.39, 0.29) is 11.8 Å². The highest BCUT2D eigenvalue weighted by Crippen LogP contribution is 2.54. The van der Waals surface area contributed by atoms with Gasteiger partial charge in [-0.1, -0.05) is 13.8 Å². The quantitative estimate of drug-likeness (QED) is 0.586. The van der Waals surface area contributed by atoms with E-state index < -0.39 is 7.60 Å². The van der Waals surface area contributed by atoms with E-state index >= 15 is 0 Å². The standard InChI is InChI=1S/C5H12NO3P/c1-4(2)6-5-3-9-10(5,7)8/h4-6H,3H2,1-2H3,(H,7,8). The van der Waals surface area contributed by atoms with Crippen LogP contribution in [0.1, 0.15) is 13.8 Å². The number of nitrogens with one attached hydrogen (secondary N) is 1. The summed E-state index contributed by atoms with van der Waals surface area (Å²) in [5, 5.41) is 2.93. The normalized spacial score (nSPS) is 39.8. The molecule has 0 saturated carbocycles. The lowest BCUT2D eigenvalue weighted by Gasteiger charge is -2.33. The summed E-state index contributed by atoms with van der Waals surface area (Å²) >= 11 is 0. The van der Waals surface area contributed by atoms with Gasteiger partial charge in [-0.3, -0.25) is 9.88 Å². The maximum atomic E-state index is 10.8. The Morgan fingerprint density at radius 3 is 2.50 bits per heavy atom. The van der Waals surface area contributed by atoms with Crippen molar-refractivity contribution in [3.05, 3.63) is 0 Å². The summed E-state index contributed by atoms with van der Waals surface area (Å²) < 4.78 is 15.3. The molecule has 0 radical (unpaired) electrons. The van der Waals surface area contributed by atoms with Crippen LogP contribution in [-0.2, 0) is 9.09 Å². The molecule has 1 saturated heterocycles. The van der Waals surface area contributed by atoms with E-state index in [1.165, 1.54) is 0 Å². The molecule has 0 aromatic heterocycles. The molecule has 0 amide bonds. The molecular formula is C5H12NO3P. The van der Waals surface area contributed by atoms with Crippen LogP contribution in [0.4, 0.5) is 0 Å². The molecule has 0 spiro atoms. The van der Waals surface area contributed by atoms with Crippen LogP contribution < -0.4 is 5.32 Å². The Balaban J connectivity index is 2.38. The molecule has 0 aromatic carbocycles. The van der Waals surface area contributed by atoms with Crippen LogP contribution in [0.25, 0.3) is 0 Å². The smallest absolute Gasteiger partial charge is 0.323 e. The van der Waals surface area contributed by atoms with E-state index in [1.54, 1.807) is 0 Å². The molecule has 60 valence electrons. The van der Waals surface area contributed by atoms with Crippen molar-refractivity contribution in [3.8, 4) is 0 Å². The molecule has 2 unspecified atom stereocenters. The minimum atomic E-state index is -3.24. The highest BCUT2D eigenvalue weighted by molar-refractivity contribution is 7.54. The van der Waals surface area contributed by atoms with E-state index in [9.17, 15) is 4.57 Å². The van der Waals surface area contributed by atoms with Crippen molar-refractivity contribution in [2.45, 2.75) is 25.7 Å². The van der Waals surface area contributed by atoms with Crippen molar-refractivity contribution < 1.29 is 14.0 Å². The van der Waals surface area contributed by atoms with Gasteiger partial charge in [-0.25, -0.2) is 0 Å². The number of rotatable bonds is 2. The van der Waals surface area contributed by atoms with Crippen molar-refractivity contribution in [1.29, 1.82) is 0 Å². The first-order valence-electron chi connectivity index (χ1n) is 3.25. The Hall–Kier alpha value is 0.110. The minimum Gasteiger partial charge on any atom is -0.323 e. The number of hydrogen-bond donors (Lipinski definition) is 2. The average Bonchev–Trinajstić information content (AvgIpc) is 1.81. The Labute approximate surface area is 60.1 Å². The molecule has 1 aliphatic rings.